The van der Waals surface area contributed by atoms with Crippen molar-refractivity contribution in [2.75, 3.05) is 19.8 Å². The minimum atomic E-state index is -0.637. The summed E-state index contributed by atoms with van der Waals surface area (Å²) in [5.41, 5.74) is 0.238. The molecule has 0 fully saturated rings. The number of benzene rings is 2. The van der Waals surface area contributed by atoms with Gasteiger partial charge in [-0.15, -0.1) is 0 Å². The average molecular weight is 407 g/mol. The molecule has 0 aliphatic carbocycles. The van der Waals surface area contributed by atoms with Gasteiger partial charge in [0.25, 0.3) is 5.91 Å². The highest BCUT2D eigenvalue weighted by Gasteiger charge is 2.19. The van der Waals surface area contributed by atoms with Gasteiger partial charge in [-0.05, 0) is 49.7 Å². The zero-order valence-electron chi connectivity index (χ0n) is 15.1. The van der Waals surface area contributed by atoms with Crippen molar-refractivity contribution in [3.05, 3.63) is 68.7 Å². The van der Waals surface area contributed by atoms with E-state index in [0.717, 1.165) is 6.07 Å². The number of ether oxygens (including phenoxy) is 2. The maximum absolute atomic E-state index is 12.0. The number of hydrogen-bond donors (Lipinski definition) is 1. The Hall–Kier alpha value is -3.13. The van der Waals surface area contributed by atoms with E-state index in [1.54, 1.807) is 31.2 Å². The van der Waals surface area contributed by atoms with E-state index < -0.39 is 10.9 Å². The van der Waals surface area contributed by atoms with Gasteiger partial charge in [0.15, 0.2) is 5.75 Å². The van der Waals surface area contributed by atoms with Crippen LogP contribution < -0.4 is 10.1 Å². The number of nitrogens with one attached hydrogen (secondary N) is 1. The second-order valence-electron chi connectivity index (χ2n) is 5.62. The van der Waals surface area contributed by atoms with E-state index in [1.165, 1.54) is 12.1 Å². The number of halogens is 1. The largest absolute Gasteiger partial charge is 0.487 e. The Balaban J connectivity index is 1.86. The van der Waals surface area contributed by atoms with Gasteiger partial charge < -0.3 is 14.8 Å². The van der Waals surface area contributed by atoms with Crippen LogP contribution in [0.2, 0.25) is 5.02 Å². The first-order chi connectivity index (χ1) is 13.4. The number of esters is 1. The fourth-order valence-electron chi connectivity index (χ4n) is 2.28. The third-order valence-electron chi connectivity index (χ3n) is 3.64. The SMILES string of the molecule is CCOC(=O)c1ccc(OCCCNC(=O)c2ccc(Cl)cc2)c([N+](=O)[O-])c1. The van der Waals surface area contributed by atoms with E-state index in [9.17, 15) is 19.7 Å². The molecule has 2 aromatic rings. The predicted octanol–water partition coefficient (Wildman–Crippen LogP) is 3.62. The number of amides is 1. The first kappa shape index (κ1) is 21.2. The highest BCUT2D eigenvalue weighted by Crippen LogP contribution is 2.28. The molecule has 0 atom stereocenters. The molecule has 1 amide bonds. The van der Waals surface area contributed by atoms with Crippen LogP contribution in [0.3, 0.4) is 0 Å². The van der Waals surface area contributed by atoms with E-state index in [2.05, 4.69) is 5.32 Å². The van der Waals surface area contributed by atoms with Gasteiger partial charge in [-0.3, -0.25) is 14.9 Å². The number of carbonyl (C=O) groups is 2. The summed E-state index contributed by atoms with van der Waals surface area (Å²) in [5.74, 6) is -0.842. The number of rotatable bonds is 9. The molecule has 0 heterocycles. The van der Waals surface area contributed by atoms with Crippen molar-refractivity contribution in [1.29, 1.82) is 0 Å². The number of nitro benzene ring substituents is 1. The summed E-state index contributed by atoms with van der Waals surface area (Å²) in [4.78, 5) is 34.3. The molecule has 2 aromatic carbocycles. The molecule has 0 spiro atoms. The van der Waals surface area contributed by atoms with Crippen molar-refractivity contribution < 1.29 is 24.0 Å². The van der Waals surface area contributed by atoms with Crippen LogP contribution in [0.25, 0.3) is 0 Å². The van der Waals surface area contributed by atoms with Crippen molar-refractivity contribution in [2.45, 2.75) is 13.3 Å². The zero-order valence-corrected chi connectivity index (χ0v) is 15.9. The van der Waals surface area contributed by atoms with Crippen molar-refractivity contribution in [3.63, 3.8) is 0 Å². The molecule has 0 saturated heterocycles. The van der Waals surface area contributed by atoms with Crippen LogP contribution >= 0.6 is 11.6 Å². The molecule has 0 bridgehead atoms. The van der Waals surface area contributed by atoms with E-state index >= 15 is 0 Å². The van der Waals surface area contributed by atoms with E-state index in [-0.39, 0.29) is 36.1 Å². The Morgan fingerprint density at radius 3 is 2.46 bits per heavy atom. The first-order valence-electron chi connectivity index (χ1n) is 8.54. The molecule has 2 rings (SSSR count). The molecule has 28 heavy (non-hydrogen) atoms. The summed E-state index contributed by atoms with van der Waals surface area (Å²) in [6.45, 7) is 2.30. The van der Waals surface area contributed by atoms with Crippen LogP contribution in [-0.4, -0.2) is 36.6 Å². The van der Waals surface area contributed by atoms with Gasteiger partial charge >= 0.3 is 11.7 Å². The molecular formula is C19H19ClN2O6. The highest BCUT2D eigenvalue weighted by atomic mass is 35.5. The second kappa shape index (κ2) is 10.3. The molecule has 0 radical (unpaired) electrons. The van der Waals surface area contributed by atoms with Gasteiger partial charge in [-0.25, -0.2) is 4.79 Å². The van der Waals surface area contributed by atoms with Crippen molar-refractivity contribution in [3.8, 4) is 5.75 Å². The number of carbonyl (C=O) groups excluding carboxylic acids is 2. The Labute approximate surface area is 166 Å². The van der Waals surface area contributed by atoms with Gasteiger partial charge in [0.2, 0.25) is 0 Å². The predicted molar refractivity (Wildman–Crippen MR) is 103 cm³/mol. The van der Waals surface area contributed by atoms with Gasteiger partial charge in [0.1, 0.15) is 0 Å². The highest BCUT2D eigenvalue weighted by molar-refractivity contribution is 6.30. The quantitative estimate of drug-likeness (QED) is 0.295. The number of nitrogens with zero attached hydrogens (tertiary/aromatic N) is 1. The molecule has 148 valence electrons. The van der Waals surface area contributed by atoms with Crippen LogP contribution in [0.5, 0.6) is 5.75 Å². The third kappa shape index (κ3) is 5.95. The lowest BCUT2D eigenvalue weighted by Gasteiger charge is -2.09. The van der Waals surface area contributed by atoms with Crippen LogP contribution in [-0.2, 0) is 4.74 Å². The summed E-state index contributed by atoms with van der Waals surface area (Å²) in [5, 5.41) is 14.5. The van der Waals surface area contributed by atoms with E-state index in [4.69, 9.17) is 21.1 Å². The van der Waals surface area contributed by atoms with Gasteiger partial charge in [0.05, 0.1) is 23.7 Å². The molecule has 0 aromatic heterocycles. The fourth-order valence-corrected chi connectivity index (χ4v) is 2.41. The Morgan fingerprint density at radius 2 is 1.82 bits per heavy atom. The van der Waals surface area contributed by atoms with Gasteiger partial charge in [0, 0.05) is 23.2 Å². The van der Waals surface area contributed by atoms with E-state index in [1.807, 2.05) is 0 Å². The smallest absolute Gasteiger partial charge is 0.338 e. The van der Waals surface area contributed by atoms with Crippen molar-refractivity contribution >= 4 is 29.2 Å². The Bertz CT molecular complexity index is 854. The zero-order chi connectivity index (χ0) is 20.5. The number of nitro groups is 1. The monoisotopic (exact) mass is 406 g/mol. The minimum Gasteiger partial charge on any atom is -0.487 e. The van der Waals surface area contributed by atoms with Gasteiger partial charge in [-0.1, -0.05) is 11.6 Å². The molecule has 8 nitrogen and oxygen atoms in total. The second-order valence-corrected chi connectivity index (χ2v) is 6.06. The third-order valence-corrected chi connectivity index (χ3v) is 3.89. The normalized spacial score (nSPS) is 10.2. The first-order valence-corrected chi connectivity index (χ1v) is 8.92. The lowest BCUT2D eigenvalue weighted by Crippen LogP contribution is -2.25. The summed E-state index contributed by atoms with van der Waals surface area (Å²) >= 11 is 5.78. The van der Waals surface area contributed by atoms with Crippen LogP contribution in [0.15, 0.2) is 42.5 Å². The minimum absolute atomic E-state index is 0.0436. The molecule has 1 N–H and O–H groups in total. The maximum atomic E-state index is 12.0. The summed E-state index contributed by atoms with van der Waals surface area (Å²) in [7, 11) is 0. The molecule has 0 aliphatic heterocycles. The molecule has 9 heteroatoms. The van der Waals surface area contributed by atoms with Gasteiger partial charge in [-0.2, -0.15) is 0 Å². The molecule has 0 unspecified atom stereocenters. The van der Waals surface area contributed by atoms with Crippen molar-refractivity contribution in [2.24, 2.45) is 0 Å². The summed E-state index contributed by atoms with van der Waals surface area (Å²) < 4.78 is 10.3. The lowest BCUT2D eigenvalue weighted by molar-refractivity contribution is -0.385. The fraction of sp³-hybridized carbons (Fsp3) is 0.263. The Kier molecular flexibility index (Phi) is 7.76. The number of hydrogen-bond acceptors (Lipinski definition) is 6. The molecule has 0 saturated carbocycles. The standard InChI is InChI=1S/C19H19ClN2O6/c1-2-27-19(24)14-6-9-17(16(12-14)22(25)26)28-11-3-10-21-18(23)13-4-7-15(20)8-5-13/h4-9,12H,2-3,10-11H2,1H3,(H,21,23). The summed E-state index contributed by atoms with van der Waals surface area (Å²) in [6, 6.07) is 10.4. The van der Waals surface area contributed by atoms with Crippen molar-refractivity contribution in [1.82, 2.24) is 5.32 Å². The average Bonchev–Trinajstić information content (AvgIpc) is 2.68. The molecule has 0 aliphatic rings. The lowest BCUT2D eigenvalue weighted by atomic mass is 10.2. The topological polar surface area (TPSA) is 108 Å². The van der Waals surface area contributed by atoms with Crippen LogP contribution in [0.1, 0.15) is 34.1 Å². The molecular weight excluding hydrogens is 388 g/mol. The maximum Gasteiger partial charge on any atom is 0.338 e. The van der Waals surface area contributed by atoms with Crippen LogP contribution in [0.4, 0.5) is 5.69 Å². The summed E-state index contributed by atoms with van der Waals surface area (Å²) in [6.07, 6.45) is 0.441. The van der Waals surface area contributed by atoms with E-state index in [0.29, 0.717) is 23.6 Å². The van der Waals surface area contributed by atoms with Crippen LogP contribution in [0, 0.1) is 10.1 Å². The Morgan fingerprint density at radius 1 is 1.14 bits per heavy atom.